The van der Waals surface area contributed by atoms with Crippen molar-refractivity contribution in [2.75, 3.05) is 32.1 Å². The maximum absolute atomic E-state index is 6.12. The van der Waals surface area contributed by atoms with Gasteiger partial charge < -0.3 is 15.0 Å². The molecule has 1 unspecified atom stereocenters. The fraction of sp³-hybridized carbons (Fsp3) is 0.643. The number of rotatable bonds is 6. The van der Waals surface area contributed by atoms with Crippen molar-refractivity contribution < 1.29 is 4.74 Å². The molecule has 0 bridgehead atoms. The van der Waals surface area contributed by atoms with Crippen LogP contribution in [0.5, 0.6) is 5.88 Å². The normalized spacial score (nSPS) is 19.3. The van der Waals surface area contributed by atoms with Crippen molar-refractivity contribution in [3.63, 3.8) is 0 Å². The van der Waals surface area contributed by atoms with Gasteiger partial charge in [0.05, 0.1) is 11.6 Å². The average molecular weight is 318 g/mol. The highest BCUT2D eigenvalue weighted by Gasteiger charge is 2.20. The summed E-state index contributed by atoms with van der Waals surface area (Å²) in [6.45, 7) is 4.54. The minimum Gasteiger partial charge on any atom is -0.476 e. The number of pyridine rings is 1. The lowest BCUT2D eigenvalue weighted by molar-refractivity contribution is 0.229. The minimum atomic E-state index is 0.452. The Morgan fingerprint density at radius 1 is 1.45 bits per heavy atom. The second-order valence-corrected chi connectivity index (χ2v) is 5.86. The molecule has 4 nitrogen and oxygen atoms in total. The number of halogens is 2. The first-order chi connectivity index (χ1) is 9.61. The molecule has 0 saturated carbocycles. The molecule has 0 amide bonds. The fourth-order valence-corrected chi connectivity index (χ4v) is 2.96. The van der Waals surface area contributed by atoms with Crippen molar-refractivity contribution in [2.24, 2.45) is 0 Å². The first kappa shape index (κ1) is 15.7. The highest BCUT2D eigenvalue weighted by Crippen LogP contribution is 2.31. The molecule has 1 atom stereocenters. The van der Waals surface area contributed by atoms with Crippen LogP contribution in [0.1, 0.15) is 26.2 Å². The van der Waals surface area contributed by atoms with Crippen molar-refractivity contribution in [2.45, 2.75) is 32.2 Å². The topological polar surface area (TPSA) is 37.4 Å². The summed E-state index contributed by atoms with van der Waals surface area (Å²) in [6, 6.07) is 2.28. The molecule has 1 aliphatic heterocycles. The first-order valence-corrected chi connectivity index (χ1v) is 7.80. The Bertz CT molecular complexity index is 456. The standard InChI is InChI=1S/C14H21Cl2N3O/c1-3-17-13-11(15)9-12(16)14(18-13)20-8-6-10-5-4-7-19(10)2/h9-10H,3-8H2,1-2H3,(H,17,18). The van der Waals surface area contributed by atoms with Gasteiger partial charge in [-0.1, -0.05) is 23.2 Å². The zero-order valence-corrected chi connectivity index (χ0v) is 13.5. The van der Waals surface area contributed by atoms with Crippen molar-refractivity contribution >= 4 is 29.0 Å². The van der Waals surface area contributed by atoms with Gasteiger partial charge in [-0.05, 0) is 45.8 Å². The number of ether oxygens (including phenoxy) is 1. The van der Waals surface area contributed by atoms with E-state index in [-0.39, 0.29) is 0 Å². The van der Waals surface area contributed by atoms with Crippen LogP contribution in [0.3, 0.4) is 0 Å². The molecule has 20 heavy (non-hydrogen) atoms. The van der Waals surface area contributed by atoms with Gasteiger partial charge in [-0.2, -0.15) is 4.98 Å². The van der Waals surface area contributed by atoms with E-state index in [1.54, 1.807) is 6.07 Å². The Hall–Kier alpha value is -0.710. The molecule has 1 aliphatic rings. The maximum atomic E-state index is 6.12. The predicted octanol–water partition coefficient (Wildman–Crippen LogP) is 3.68. The number of hydrogen-bond donors (Lipinski definition) is 1. The molecule has 1 fully saturated rings. The molecule has 2 rings (SSSR count). The molecule has 0 aliphatic carbocycles. The summed E-state index contributed by atoms with van der Waals surface area (Å²) in [5, 5.41) is 4.06. The van der Waals surface area contributed by atoms with E-state index in [2.05, 4.69) is 22.2 Å². The lowest BCUT2D eigenvalue weighted by atomic mass is 10.1. The van der Waals surface area contributed by atoms with Crippen LogP contribution >= 0.6 is 23.2 Å². The van der Waals surface area contributed by atoms with Gasteiger partial charge in [0, 0.05) is 12.6 Å². The molecule has 0 spiro atoms. The van der Waals surface area contributed by atoms with Crippen LogP contribution in [0, 0.1) is 0 Å². The van der Waals surface area contributed by atoms with E-state index >= 15 is 0 Å². The predicted molar refractivity (Wildman–Crippen MR) is 84.2 cm³/mol. The minimum absolute atomic E-state index is 0.452. The number of aromatic nitrogens is 1. The smallest absolute Gasteiger partial charge is 0.234 e. The second-order valence-electron chi connectivity index (χ2n) is 5.05. The number of likely N-dealkylation sites (tertiary alicyclic amines) is 1. The van der Waals surface area contributed by atoms with Gasteiger partial charge in [-0.15, -0.1) is 0 Å². The van der Waals surface area contributed by atoms with Gasteiger partial charge >= 0.3 is 0 Å². The van der Waals surface area contributed by atoms with Gasteiger partial charge in [-0.25, -0.2) is 0 Å². The lowest BCUT2D eigenvalue weighted by Gasteiger charge is -2.19. The maximum Gasteiger partial charge on any atom is 0.234 e. The third kappa shape index (κ3) is 3.90. The van der Waals surface area contributed by atoms with E-state index in [0.717, 1.165) is 13.0 Å². The van der Waals surface area contributed by atoms with Gasteiger partial charge in [0.1, 0.15) is 10.8 Å². The van der Waals surface area contributed by atoms with Crippen molar-refractivity contribution in [3.8, 4) is 5.88 Å². The Morgan fingerprint density at radius 2 is 2.25 bits per heavy atom. The highest BCUT2D eigenvalue weighted by atomic mass is 35.5. The summed E-state index contributed by atoms with van der Waals surface area (Å²) < 4.78 is 5.72. The van der Waals surface area contributed by atoms with Crippen molar-refractivity contribution in [1.82, 2.24) is 9.88 Å². The summed E-state index contributed by atoms with van der Waals surface area (Å²) in [4.78, 5) is 6.71. The zero-order valence-electron chi connectivity index (χ0n) is 12.0. The quantitative estimate of drug-likeness (QED) is 0.868. The molecule has 1 N–H and O–H groups in total. The molecule has 112 valence electrons. The summed E-state index contributed by atoms with van der Waals surface area (Å²) in [5.41, 5.74) is 0. The van der Waals surface area contributed by atoms with E-state index < -0.39 is 0 Å². The van der Waals surface area contributed by atoms with Gasteiger partial charge in [0.2, 0.25) is 5.88 Å². The fourth-order valence-electron chi connectivity index (χ4n) is 2.48. The van der Waals surface area contributed by atoms with Crippen LogP contribution in [-0.2, 0) is 0 Å². The molecule has 6 heteroatoms. The van der Waals surface area contributed by atoms with Crippen LogP contribution in [0.4, 0.5) is 5.82 Å². The van der Waals surface area contributed by atoms with Crippen LogP contribution in [-0.4, -0.2) is 42.7 Å². The van der Waals surface area contributed by atoms with E-state index in [9.17, 15) is 0 Å². The second kappa shape index (κ2) is 7.34. The zero-order chi connectivity index (χ0) is 14.5. The Kier molecular flexibility index (Phi) is 5.75. The van der Waals surface area contributed by atoms with E-state index in [1.807, 2.05) is 6.92 Å². The summed E-state index contributed by atoms with van der Waals surface area (Å²) >= 11 is 12.2. The van der Waals surface area contributed by atoms with Crippen LogP contribution in [0.25, 0.3) is 0 Å². The molecule has 2 heterocycles. The van der Waals surface area contributed by atoms with E-state index in [4.69, 9.17) is 27.9 Å². The third-order valence-electron chi connectivity index (χ3n) is 3.60. The molecule has 0 radical (unpaired) electrons. The van der Waals surface area contributed by atoms with Crippen molar-refractivity contribution in [3.05, 3.63) is 16.1 Å². The van der Waals surface area contributed by atoms with Gasteiger partial charge in [-0.3, -0.25) is 0 Å². The summed E-state index contributed by atoms with van der Waals surface area (Å²) in [7, 11) is 2.16. The van der Waals surface area contributed by atoms with Crippen LogP contribution < -0.4 is 10.1 Å². The summed E-state index contributed by atoms with van der Waals surface area (Å²) in [6.07, 6.45) is 3.50. The number of anilines is 1. The number of nitrogens with one attached hydrogen (secondary N) is 1. The third-order valence-corrected chi connectivity index (χ3v) is 4.16. The monoisotopic (exact) mass is 317 g/mol. The number of nitrogens with zero attached hydrogens (tertiary/aromatic N) is 2. The Morgan fingerprint density at radius 3 is 2.90 bits per heavy atom. The molecule has 1 saturated heterocycles. The number of hydrogen-bond acceptors (Lipinski definition) is 4. The Balaban J connectivity index is 1.93. The van der Waals surface area contributed by atoms with E-state index in [1.165, 1.54) is 19.4 Å². The molecule has 0 aromatic carbocycles. The lowest BCUT2D eigenvalue weighted by Crippen LogP contribution is -2.26. The average Bonchev–Trinajstić information content (AvgIpc) is 2.81. The van der Waals surface area contributed by atoms with E-state index in [0.29, 0.717) is 34.4 Å². The summed E-state index contributed by atoms with van der Waals surface area (Å²) in [5.74, 6) is 1.07. The Labute approximate surface area is 130 Å². The highest BCUT2D eigenvalue weighted by molar-refractivity contribution is 6.36. The molecule has 1 aromatic heterocycles. The van der Waals surface area contributed by atoms with Crippen LogP contribution in [0.2, 0.25) is 10.0 Å². The van der Waals surface area contributed by atoms with Crippen molar-refractivity contribution in [1.29, 1.82) is 0 Å². The molecular weight excluding hydrogens is 297 g/mol. The van der Waals surface area contributed by atoms with Crippen LogP contribution in [0.15, 0.2) is 6.07 Å². The largest absolute Gasteiger partial charge is 0.476 e. The molecular formula is C14H21Cl2N3O. The first-order valence-electron chi connectivity index (χ1n) is 7.04. The SMILES string of the molecule is CCNc1nc(OCCC2CCCN2C)c(Cl)cc1Cl. The van der Waals surface area contributed by atoms with Gasteiger partial charge in [0.15, 0.2) is 0 Å². The van der Waals surface area contributed by atoms with Gasteiger partial charge in [0.25, 0.3) is 0 Å². The molecule has 1 aromatic rings.